The van der Waals surface area contributed by atoms with Crippen LogP contribution in [-0.2, 0) is 6.42 Å². The quantitative estimate of drug-likeness (QED) is 0.744. The lowest BCUT2D eigenvalue weighted by Gasteiger charge is -2.37. The molecule has 0 spiro atoms. The second-order valence-corrected chi connectivity index (χ2v) is 6.38. The second-order valence-electron chi connectivity index (χ2n) is 5.46. The molecule has 4 rings (SSSR count). The van der Waals surface area contributed by atoms with E-state index in [2.05, 4.69) is 66.3 Å². The van der Waals surface area contributed by atoms with Crippen molar-refractivity contribution < 1.29 is 0 Å². The van der Waals surface area contributed by atoms with Gasteiger partial charge in [-0.1, -0.05) is 42.5 Å². The van der Waals surface area contributed by atoms with Gasteiger partial charge in [-0.05, 0) is 47.0 Å². The third-order valence-electron chi connectivity index (χ3n) is 4.45. The topological polar surface area (TPSA) is 12.0 Å². The van der Waals surface area contributed by atoms with Gasteiger partial charge in [-0.15, -0.1) is 11.3 Å². The summed E-state index contributed by atoms with van der Waals surface area (Å²) in [6.45, 7) is 0. The van der Waals surface area contributed by atoms with Crippen LogP contribution in [0.3, 0.4) is 0 Å². The molecule has 0 radical (unpaired) electrons. The van der Waals surface area contributed by atoms with E-state index in [1.165, 1.54) is 33.2 Å². The molecule has 0 saturated carbocycles. The van der Waals surface area contributed by atoms with Crippen LogP contribution >= 0.6 is 11.3 Å². The van der Waals surface area contributed by atoms with Crippen LogP contribution in [0.1, 0.15) is 28.7 Å². The zero-order chi connectivity index (χ0) is 13.5. The van der Waals surface area contributed by atoms with Gasteiger partial charge in [0.05, 0.1) is 0 Å². The van der Waals surface area contributed by atoms with Crippen LogP contribution in [-0.4, -0.2) is 7.05 Å². The molecule has 0 aliphatic heterocycles. The van der Waals surface area contributed by atoms with Crippen molar-refractivity contribution in [2.75, 3.05) is 7.05 Å². The predicted molar refractivity (Wildman–Crippen MR) is 86.5 cm³/mol. The van der Waals surface area contributed by atoms with Gasteiger partial charge in [0.1, 0.15) is 0 Å². The summed E-state index contributed by atoms with van der Waals surface area (Å²) in [4.78, 5) is 0. The highest BCUT2D eigenvalue weighted by Gasteiger charge is 2.33. The van der Waals surface area contributed by atoms with Crippen molar-refractivity contribution in [3.05, 3.63) is 70.6 Å². The minimum absolute atomic E-state index is 0.409. The van der Waals surface area contributed by atoms with Gasteiger partial charge in [0.25, 0.3) is 0 Å². The molecule has 0 fully saturated rings. The van der Waals surface area contributed by atoms with Gasteiger partial charge in [0.15, 0.2) is 0 Å². The molecule has 2 aromatic carbocycles. The lowest BCUT2D eigenvalue weighted by atomic mass is 9.71. The Balaban J connectivity index is 1.79. The van der Waals surface area contributed by atoms with Gasteiger partial charge in [-0.25, -0.2) is 0 Å². The molecule has 1 aliphatic rings. The Kier molecular flexibility index (Phi) is 2.86. The van der Waals surface area contributed by atoms with E-state index in [-0.39, 0.29) is 0 Å². The summed E-state index contributed by atoms with van der Waals surface area (Å²) >= 11 is 1.85. The van der Waals surface area contributed by atoms with Crippen molar-refractivity contribution in [3.8, 4) is 0 Å². The molecule has 0 amide bonds. The Hall–Kier alpha value is -1.64. The molecule has 3 aromatic rings. The SMILES string of the molecule is CNC(c1cccc2ccsc12)C1Cc2ccccc21. The molecule has 20 heavy (non-hydrogen) atoms. The summed E-state index contributed by atoms with van der Waals surface area (Å²) < 4.78 is 1.43. The van der Waals surface area contributed by atoms with Crippen LogP contribution in [0, 0.1) is 0 Å². The number of benzene rings is 2. The lowest BCUT2D eigenvalue weighted by molar-refractivity contribution is 0.441. The highest BCUT2D eigenvalue weighted by atomic mass is 32.1. The van der Waals surface area contributed by atoms with Crippen LogP contribution in [0.5, 0.6) is 0 Å². The van der Waals surface area contributed by atoms with Gasteiger partial charge in [-0.3, -0.25) is 0 Å². The molecule has 2 atom stereocenters. The lowest BCUT2D eigenvalue weighted by Crippen LogP contribution is -2.31. The number of thiophene rings is 1. The fourth-order valence-corrected chi connectivity index (χ4v) is 4.38. The highest BCUT2D eigenvalue weighted by molar-refractivity contribution is 7.17. The van der Waals surface area contributed by atoms with E-state index in [0.717, 1.165) is 0 Å². The molecule has 1 N–H and O–H groups in total. The Morgan fingerprint density at radius 1 is 1.10 bits per heavy atom. The summed E-state index contributed by atoms with van der Waals surface area (Å²) in [5.74, 6) is 0.601. The molecule has 1 nitrogen and oxygen atoms in total. The predicted octanol–water partition coefficient (Wildman–Crippen LogP) is 4.50. The van der Waals surface area contributed by atoms with Crippen molar-refractivity contribution in [1.82, 2.24) is 5.32 Å². The van der Waals surface area contributed by atoms with Crippen molar-refractivity contribution in [1.29, 1.82) is 0 Å². The Bertz CT molecular complexity index is 759. The molecule has 100 valence electrons. The van der Waals surface area contributed by atoms with Crippen molar-refractivity contribution in [2.24, 2.45) is 0 Å². The first-order valence-corrected chi connectivity index (χ1v) is 7.97. The molecule has 1 aliphatic carbocycles. The van der Waals surface area contributed by atoms with E-state index in [9.17, 15) is 0 Å². The molecule has 1 heterocycles. The van der Waals surface area contributed by atoms with Crippen LogP contribution in [0.25, 0.3) is 10.1 Å². The number of fused-ring (bicyclic) bond motifs is 2. The molecular weight excluding hydrogens is 262 g/mol. The first kappa shape index (κ1) is 12.1. The fourth-order valence-electron chi connectivity index (χ4n) is 3.43. The first-order chi connectivity index (χ1) is 9.88. The fraction of sp³-hybridized carbons (Fsp3) is 0.222. The number of rotatable bonds is 3. The molecule has 1 aromatic heterocycles. The van der Waals surface area contributed by atoms with E-state index in [0.29, 0.717) is 12.0 Å². The zero-order valence-electron chi connectivity index (χ0n) is 11.5. The van der Waals surface area contributed by atoms with E-state index < -0.39 is 0 Å². The Morgan fingerprint density at radius 2 is 2.00 bits per heavy atom. The van der Waals surface area contributed by atoms with Crippen LogP contribution in [0.2, 0.25) is 0 Å². The Morgan fingerprint density at radius 3 is 2.85 bits per heavy atom. The smallest absolute Gasteiger partial charge is 0.0404 e. The zero-order valence-corrected chi connectivity index (χ0v) is 12.3. The summed E-state index contributed by atoms with van der Waals surface area (Å²) in [5, 5.41) is 7.10. The third kappa shape index (κ3) is 1.72. The number of nitrogens with one attached hydrogen (secondary N) is 1. The Labute approximate surface area is 123 Å². The molecule has 2 heteroatoms. The monoisotopic (exact) mass is 279 g/mol. The van der Waals surface area contributed by atoms with Gasteiger partial charge >= 0.3 is 0 Å². The van der Waals surface area contributed by atoms with E-state index in [1.54, 1.807) is 0 Å². The third-order valence-corrected chi connectivity index (χ3v) is 5.43. The van der Waals surface area contributed by atoms with E-state index >= 15 is 0 Å². The van der Waals surface area contributed by atoms with Crippen LogP contribution in [0.15, 0.2) is 53.9 Å². The standard InChI is InChI=1S/C18H17NS/c1-19-17(16-11-13-5-2-3-7-14(13)16)15-8-4-6-12-9-10-20-18(12)15/h2-10,16-17,19H,11H2,1H3. The first-order valence-electron chi connectivity index (χ1n) is 7.09. The van der Waals surface area contributed by atoms with Gasteiger partial charge in [0.2, 0.25) is 0 Å². The normalized spacial score (nSPS) is 18.6. The van der Waals surface area contributed by atoms with Crippen molar-refractivity contribution >= 4 is 21.4 Å². The maximum Gasteiger partial charge on any atom is 0.0404 e. The maximum absolute atomic E-state index is 3.55. The summed E-state index contributed by atoms with van der Waals surface area (Å²) in [6, 6.07) is 18.1. The number of hydrogen-bond donors (Lipinski definition) is 1. The van der Waals surface area contributed by atoms with Crippen LogP contribution < -0.4 is 5.32 Å². The number of likely N-dealkylation sites (N-methyl/N-ethyl adjacent to an activating group) is 1. The largest absolute Gasteiger partial charge is 0.312 e. The van der Waals surface area contributed by atoms with Gasteiger partial charge < -0.3 is 5.32 Å². The number of hydrogen-bond acceptors (Lipinski definition) is 2. The van der Waals surface area contributed by atoms with Crippen LogP contribution in [0.4, 0.5) is 0 Å². The minimum Gasteiger partial charge on any atom is -0.312 e. The van der Waals surface area contributed by atoms with Crippen molar-refractivity contribution in [3.63, 3.8) is 0 Å². The average Bonchev–Trinajstić information content (AvgIpc) is 2.93. The minimum atomic E-state index is 0.409. The maximum atomic E-state index is 3.55. The molecule has 0 bridgehead atoms. The molecular formula is C18H17NS. The summed E-state index contributed by atoms with van der Waals surface area (Å²) in [6.07, 6.45) is 1.18. The molecule has 2 unspecified atom stereocenters. The second kappa shape index (κ2) is 4.72. The summed E-state index contributed by atoms with van der Waals surface area (Å²) in [7, 11) is 2.08. The van der Waals surface area contributed by atoms with Crippen molar-refractivity contribution in [2.45, 2.75) is 18.4 Å². The summed E-state index contributed by atoms with van der Waals surface area (Å²) in [5.41, 5.74) is 4.47. The van der Waals surface area contributed by atoms with Gasteiger partial charge in [0, 0.05) is 16.7 Å². The average molecular weight is 279 g/mol. The van der Waals surface area contributed by atoms with Gasteiger partial charge in [-0.2, -0.15) is 0 Å². The highest BCUT2D eigenvalue weighted by Crippen LogP contribution is 2.45. The van der Waals surface area contributed by atoms with E-state index in [1.807, 2.05) is 11.3 Å². The molecule has 0 saturated heterocycles. The van der Waals surface area contributed by atoms with E-state index in [4.69, 9.17) is 0 Å².